The second kappa shape index (κ2) is 5.98. The van der Waals surface area contributed by atoms with Gasteiger partial charge in [0.05, 0.1) is 18.8 Å². The summed E-state index contributed by atoms with van der Waals surface area (Å²) in [5, 5.41) is 10.7. The molecule has 0 radical (unpaired) electrons. The van der Waals surface area contributed by atoms with Crippen LogP contribution in [-0.4, -0.2) is 48.0 Å². The molecule has 1 aromatic rings. The summed E-state index contributed by atoms with van der Waals surface area (Å²) in [5.41, 5.74) is 0.481. The number of halogens is 2. The van der Waals surface area contributed by atoms with Crippen LogP contribution in [0.3, 0.4) is 0 Å². The van der Waals surface area contributed by atoms with Gasteiger partial charge in [0.1, 0.15) is 5.82 Å². The van der Waals surface area contributed by atoms with Crippen LogP contribution in [0.1, 0.15) is 18.4 Å². The molecule has 3 atom stereocenters. The molecule has 1 aromatic carbocycles. The summed E-state index contributed by atoms with van der Waals surface area (Å²) in [7, 11) is 0. The monoisotopic (exact) mass is 299 g/mol. The van der Waals surface area contributed by atoms with E-state index in [-0.39, 0.29) is 18.3 Å². The van der Waals surface area contributed by atoms with Crippen LogP contribution in [0.5, 0.6) is 0 Å². The van der Waals surface area contributed by atoms with Crippen molar-refractivity contribution in [3.05, 3.63) is 34.6 Å². The molecule has 2 aliphatic heterocycles. The first kappa shape index (κ1) is 14.3. The number of nitrogens with zero attached hydrogens (tertiary/aromatic N) is 1. The quantitative estimate of drug-likeness (QED) is 0.929. The van der Waals surface area contributed by atoms with Crippen molar-refractivity contribution in [2.24, 2.45) is 0 Å². The molecule has 3 unspecified atom stereocenters. The highest BCUT2D eigenvalue weighted by molar-refractivity contribution is 6.30. The Morgan fingerprint density at radius 1 is 1.50 bits per heavy atom. The van der Waals surface area contributed by atoms with Crippen LogP contribution in [0.15, 0.2) is 18.2 Å². The zero-order valence-corrected chi connectivity index (χ0v) is 12.0. The van der Waals surface area contributed by atoms with Gasteiger partial charge in [-0.1, -0.05) is 17.7 Å². The van der Waals surface area contributed by atoms with E-state index in [4.69, 9.17) is 16.3 Å². The van der Waals surface area contributed by atoms with Gasteiger partial charge in [-0.3, -0.25) is 4.90 Å². The van der Waals surface area contributed by atoms with Crippen molar-refractivity contribution < 1.29 is 14.2 Å². The second-order valence-electron chi connectivity index (χ2n) is 5.67. The molecule has 3 rings (SSSR count). The maximum absolute atomic E-state index is 13.7. The van der Waals surface area contributed by atoms with Crippen molar-refractivity contribution in [1.29, 1.82) is 0 Å². The normalized spacial score (nSPS) is 28.4. The van der Waals surface area contributed by atoms with Crippen LogP contribution in [0, 0.1) is 5.82 Å². The van der Waals surface area contributed by atoms with Gasteiger partial charge >= 0.3 is 0 Å². The van der Waals surface area contributed by atoms with E-state index in [9.17, 15) is 9.50 Å². The van der Waals surface area contributed by atoms with Crippen LogP contribution >= 0.6 is 11.6 Å². The standard InChI is InChI=1S/C15H19ClFNO2/c16-11-4-3-10(13(17)7-11)6-14(19)15-8-18-5-1-2-12(18)9-20-15/h3-4,7,12,14-15,19H,1-2,5-6,8-9H2. The van der Waals surface area contributed by atoms with Crippen molar-refractivity contribution in [2.75, 3.05) is 19.7 Å². The minimum atomic E-state index is -0.688. The van der Waals surface area contributed by atoms with Crippen LogP contribution in [0.4, 0.5) is 4.39 Å². The third-order valence-electron chi connectivity index (χ3n) is 4.29. The lowest BCUT2D eigenvalue weighted by molar-refractivity contribution is -0.101. The maximum Gasteiger partial charge on any atom is 0.127 e. The lowest BCUT2D eigenvalue weighted by Gasteiger charge is -2.37. The van der Waals surface area contributed by atoms with Crippen molar-refractivity contribution in [3.8, 4) is 0 Å². The molecule has 2 heterocycles. The maximum atomic E-state index is 13.7. The topological polar surface area (TPSA) is 32.7 Å². The number of fused-ring (bicyclic) bond motifs is 1. The Morgan fingerprint density at radius 3 is 3.15 bits per heavy atom. The number of ether oxygens (including phenoxy) is 1. The lowest BCUT2D eigenvalue weighted by atomic mass is 10.0. The van der Waals surface area contributed by atoms with E-state index in [2.05, 4.69) is 4.90 Å². The van der Waals surface area contributed by atoms with Gasteiger partial charge in [-0.15, -0.1) is 0 Å². The summed E-state index contributed by atoms with van der Waals surface area (Å²) in [6.45, 7) is 2.48. The van der Waals surface area contributed by atoms with Gasteiger partial charge in [0.2, 0.25) is 0 Å². The molecule has 2 fully saturated rings. The van der Waals surface area contributed by atoms with Crippen LogP contribution < -0.4 is 0 Å². The molecule has 0 saturated carbocycles. The number of aliphatic hydroxyl groups excluding tert-OH is 1. The first-order valence-electron chi connectivity index (χ1n) is 7.11. The molecule has 110 valence electrons. The minimum absolute atomic E-state index is 0.237. The van der Waals surface area contributed by atoms with E-state index in [0.29, 0.717) is 23.2 Å². The number of benzene rings is 1. The number of hydrogen-bond acceptors (Lipinski definition) is 3. The number of aliphatic hydroxyl groups is 1. The fraction of sp³-hybridized carbons (Fsp3) is 0.600. The van der Waals surface area contributed by atoms with Crippen molar-refractivity contribution in [3.63, 3.8) is 0 Å². The van der Waals surface area contributed by atoms with Gasteiger partial charge in [0.15, 0.2) is 0 Å². The van der Waals surface area contributed by atoms with Gasteiger partial charge in [0.25, 0.3) is 0 Å². The molecule has 2 saturated heterocycles. The highest BCUT2D eigenvalue weighted by atomic mass is 35.5. The first-order valence-corrected chi connectivity index (χ1v) is 7.49. The molecule has 0 bridgehead atoms. The van der Waals surface area contributed by atoms with Gasteiger partial charge in [0, 0.05) is 24.0 Å². The number of hydrogen-bond donors (Lipinski definition) is 1. The van der Waals surface area contributed by atoms with E-state index in [1.54, 1.807) is 12.1 Å². The lowest BCUT2D eigenvalue weighted by Crippen LogP contribution is -2.50. The molecule has 0 aromatic heterocycles. The average Bonchev–Trinajstić information content (AvgIpc) is 2.89. The molecule has 0 amide bonds. The summed E-state index contributed by atoms with van der Waals surface area (Å²) < 4.78 is 19.5. The van der Waals surface area contributed by atoms with E-state index in [1.807, 2.05) is 0 Å². The second-order valence-corrected chi connectivity index (χ2v) is 6.11. The molecule has 1 N–H and O–H groups in total. The highest BCUT2D eigenvalue weighted by Crippen LogP contribution is 2.25. The summed E-state index contributed by atoms with van der Waals surface area (Å²) >= 11 is 5.73. The predicted octanol–water partition coefficient (Wildman–Crippen LogP) is 2.25. The SMILES string of the molecule is OC(Cc1ccc(Cl)cc1F)C1CN2CCCC2CO1. The molecule has 0 spiro atoms. The number of rotatable bonds is 3. The fourth-order valence-corrected chi connectivity index (χ4v) is 3.28. The Balaban J connectivity index is 1.62. The zero-order valence-electron chi connectivity index (χ0n) is 11.3. The molecule has 20 heavy (non-hydrogen) atoms. The van der Waals surface area contributed by atoms with Crippen molar-refractivity contribution >= 4 is 11.6 Å². The first-order chi connectivity index (χ1) is 9.63. The predicted molar refractivity (Wildman–Crippen MR) is 75.5 cm³/mol. The molecule has 0 aliphatic carbocycles. The number of morpholine rings is 1. The van der Waals surface area contributed by atoms with Crippen molar-refractivity contribution in [1.82, 2.24) is 4.90 Å². The molecule has 5 heteroatoms. The third-order valence-corrected chi connectivity index (χ3v) is 4.52. The smallest absolute Gasteiger partial charge is 0.127 e. The minimum Gasteiger partial charge on any atom is -0.390 e. The largest absolute Gasteiger partial charge is 0.390 e. The summed E-state index contributed by atoms with van der Waals surface area (Å²) in [5.74, 6) is -0.369. The van der Waals surface area contributed by atoms with E-state index in [1.165, 1.54) is 18.9 Å². The van der Waals surface area contributed by atoms with Crippen LogP contribution in [0.25, 0.3) is 0 Å². The van der Waals surface area contributed by atoms with Gasteiger partial charge in [-0.05, 0) is 37.1 Å². The van der Waals surface area contributed by atoms with E-state index < -0.39 is 6.10 Å². The van der Waals surface area contributed by atoms with E-state index >= 15 is 0 Å². The van der Waals surface area contributed by atoms with Gasteiger partial charge in [-0.25, -0.2) is 4.39 Å². The highest BCUT2D eigenvalue weighted by Gasteiger charge is 2.35. The zero-order chi connectivity index (χ0) is 14.1. The average molecular weight is 300 g/mol. The third kappa shape index (κ3) is 2.98. The Hall–Kier alpha value is -0.680. The summed E-state index contributed by atoms with van der Waals surface area (Å²) in [4.78, 5) is 2.37. The Morgan fingerprint density at radius 2 is 2.35 bits per heavy atom. The molecule has 2 aliphatic rings. The van der Waals surface area contributed by atoms with Crippen LogP contribution in [0.2, 0.25) is 5.02 Å². The van der Waals surface area contributed by atoms with Gasteiger partial charge in [-0.2, -0.15) is 0 Å². The van der Waals surface area contributed by atoms with Crippen molar-refractivity contribution in [2.45, 2.75) is 37.5 Å². The molecular formula is C15H19ClFNO2. The Bertz CT molecular complexity index is 485. The Labute approximate surface area is 123 Å². The molecular weight excluding hydrogens is 281 g/mol. The fourth-order valence-electron chi connectivity index (χ4n) is 3.12. The van der Waals surface area contributed by atoms with Gasteiger partial charge < -0.3 is 9.84 Å². The molecule has 3 nitrogen and oxygen atoms in total. The summed E-state index contributed by atoms with van der Waals surface area (Å²) in [6.07, 6.45) is 1.70. The van der Waals surface area contributed by atoms with Crippen LogP contribution in [-0.2, 0) is 11.2 Å². The van der Waals surface area contributed by atoms with E-state index in [0.717, 1.165) is 13.1 Å². The summed E-state index contributed by atoms with van der Waals surface area (Å²) in [6, 6.07) is 5.06. The Kier molecular flexibility index (Phi) is 4.26.